The van der Waals surface area contributed by atoms with E-state index in [2.05, 4.69) is 22.9 Å². The molecule has 1 aliphatic rings. The fraction of sp³-hybridized carbons (Fsp3) is 0.923. The van der Waals surface area contributed by atoms with Crippen LogP contribution in [0.15, 0.2) is 0 Å². The summed E-state index contributed by atoms with van der Waals surface area (Å²) in [6.45, 7) is 4.17. The molecule has 1 fully saturated rings. The molecule has 0 bridgehead atoms. The Morgan fingerprint density at radius 1 is 1.31 bits per heavy atom. The van der Waals surface area contributed by atoms with Gasteiger partial charge in [-0.2, -0.15) is 0 Å². The van der Waals surface area contributed by atoms with Gasteiger partial charge in [-0.1, -0.05) is 48.5 Å². The quantitative estimate of drug-likeness (QED) is 0.518. The molecule has 16 heavy (non-hydrogen) atoms. The van der Waals surface area contributed by atoms with Crippen LogP contribution in [-0.4, -0.2) is 29.2 Å². The second kappa shape index (κ2) is 8.10. The molecule has 1 unspecified atom stereocenters. The van der Waals surface area contributed by atoms with Crippen LogP contribution in [-0.2, 0) is 4.79 Å². The van der Waals surface area contributed by atoms with Crippen molar-refractivity contribution >= 4 is 21.8 Å². The van der Waals surface area contributed by atoms with E-state index in [0.29, 0.717) is 11.8 Å². The summed E-state index contributed by atoms with van der Waals surface area (Å²) >= 11 is 3.50. The number of carbonyl (C=O) groups is 1. The first-order valence-electron chi connectivity index (χ1n) is 6.61. The smallest absolute Gasteiger partial charge is 0.222 e. The number of unbranched alkanes of at least 4 members (excludes halogenated alkanes) is 4. The molecule has 1 aliphatic heterocycles. The van der Waals surface area contributed by atoms with Crippen LogP contribution < -0.4 is 0 Å². The minimum atomic E-state index is 0.375. The van der Waals surface area contributed by atoms with Crippen molar-refractivity contribution in [3.8, 4) is 0 Å². The molecule has 1 heterocycles. The summed E-state index contributed by atoms with van der Waals surface area (Å²) in [5, 5.41) is 1.04. The molecule has 0 aromatic heterocycles. The van der Waals surface area contributed by atoms with E-state index in [1.807, 2.05) is 4.90 Å². The predicted molar refractivity (Wildman–Crippen MR) is 71.9 cm³/mol. The van der Waals surface area contributed by atoms with Crippen molar-refractivity contribution in [3.05, 3.63) is 0 Å². The van der Waals surface area contributed by atoms with Gasteiger partial charge in [-0.05, 0) is 18.8 Å². The number of carbonyl (C=O) groups excluding carboxylic acids is 1. The molecule has 1 atom stereocenters. The number of nitrogens with zero attached hydrogens (tertiary/aromatic N) is 1. The predicted octanol–water partition coefficient (Wildman–Crippen LogP) is 3.59. The molecule has 1 saturated heterocycles. The number of hydrogen-bond donors (Lipinski definition) is 0. The highest BCUT2D eigenvalue weighted by Gasteiger charge is 2.24. The van der Waals surface area contributed by atoms with Crippen LogP contribution in [0.25, 0.3) is 0 Å². The average molecular weight is 290 g/mol. The Hall–Kier alpha value is -0.0500. The summed E-state index contributed by atoms with van der Waals surface area (Å²) in [5.41, 5.74) is 0. The van der Waals surface area contributed by atoms with Gasteiger partial charge in [0, 0.05) is 24.8 Å². The fourth-order valence-corrected chi connectivity index (χ4v) is 2.75. The molecule has 0 aromatic carbocycles. The maximum Gasteiger partial charge on any atom is 0.222 e. The van der Waals surface area contributed by atoms with Crippen molar-refractivity contribution in [3.63, 3.8) is 0 Å². The van der Waals surface area contributed by atoms with Crippen LogP contribution in [0.2, 0.25) is 0 Å². The van der Waals surface area contributed by atoms with Gasteiger partial charge in [0.15, 0.2) is 0 Å². The molecular weight excluding hydrogens is 266 g/mol. The van der Waals surface area contributed by atoms with E-state index in [4.69, 9.17) is 0 Å². The Morgan fingerprint density at radius 3 is 2.69 bits per heavy atom. The van der Waals surface area contributed by atoms with E-state index in [1.54, 1.807) is 0 Å². The molecule has 0 aromatic rings. The van der Waals surface area contributed by atoms with Gasteiger partial charge in [0.1, 0.15) is 0 Å². The zero-order chi connectivity index (χ0) is 11.8. The van der Waals surface area contributed by atoms with E-state index < -0.39 is 0 Å². The largest absolute Gasteiger partial charge is 0.342 e. The maximum atomic E-state index is 11.9. The van der Waals surface area contributed by atoms with Gasteiger partial charge in [-0.15, -0.1) is 0 Å². The third-order valence-corrected chi connectivity index (χ3v) is 4.27. The summed E-state index contributed by atoms with van der Waals surface area (Å²) in [4.78, 5) is 13.9. The molecule has 1 rings (SSSR count). The summed E-state index contributed by atoms with van der Waals surface area (Å²) in [6, 6.07) is 0. The number of halogens is 1. The molecule has 1 amide bonds. The molecule has 0 N–H and O–H groups in total. The lowest BCUT2D eigenvalue weighted by Gasteiger charge is -2.15. The Bertz CT molecular complexity index is 208. The summed E-state index contributed by atoms with van der Waals surface area (Å²) in [5.74, 6) is 1.06. The van der Waals surface area contributed by atoms with Gasteiger partial charge < -0.3 is 4.90 Å². The number of likely N-dealkylation sites (tertiary alicyclic amines) is 1. The van der Waals surface area contributed by atoms with Crippen molar-refractivity contribution in [1.82, 2.24) is 4.90 Å². The van der Waals surface area contributed by atoms with Crippen LogP contribution in [0.4, 0.5) is 0 Å². The van der Waals surface area contributed by atoms with Crippen LogP contribution in [0.5, 0.6) is 0 Å². The first kappa shape index (κ1) is 14.0. The van der Waals surface area contributed by atoms with Crippen molar-refractivity contribution < 1.29 is 4.79 Å². The second-order valence-electron chi connectivity index (χ2n) is 4.81. The molecule has 3 heteroatoms. The van der Waals surface area contributed by atoms with Gasteiger partial charge in [-0.25, -0.2) is 0 Å². The maximum absolute atomic E-state index is 11.9. The summed E-state index contributed by atoms with van der Waals surface area (Å²) in [6.07, 6.45) is 8.10. The first-order chi connectivity index (χ1) is 7.77. The van der Waals surface area contributed by atoms with Crippen LogP contribution in [0.1, 0.15) is 51.9 Å². The molecule has 2 nitrogen and oxygen atoms in total. The number of alkyl halides is 1. The summed E-state index contributed by atoms with van der Waals surface area (Å²) < 4.78 is 0. The molecule has 0 aliphatic carbocycles. The highest BCUT2D eigenvalue weighted by atomic mass is 79.9. The number of amides is 1. The molecule has 0 saturated carbocycles. The zero-order valence-electron chi connectivity index (χ0n) is 10.4. The van der Waals surface area contributed by atoms with E-state index in [9.17, 15) is 4.79 Å². The summed E-state index contributed by atoms with van der Waals surface area (Å²) in [7, 11) is 0. The van der Waals surface area contributed by atoms with Crippen molar-refractivity contribution in [1.29, 1.82) is 0 Å². The lowest BCUT2D eigenvalue weighted by Crippen LogP contribution is -2.28. The molecule has 94 valence electrons. The lowest BCUT2D eigenvalue weighted by molar-refractivity contribution is -0.130. The Balaban J connectivity index is 2.06. The van der Waals surface area contributed by atoms with Gasteiger partial charge in [-0.3, -0.25) is 4.79 Å². The van der Waals surface area contributed by atoms with Crippen LogP contribution >= 0.6 is 15.9 Å². The third kappa shape index (κ3) is 4.86. The first-order valence-corrected chi connectivity index (χ1v) is 7.73. The molecule has 0 radical (unpaired) electrons. The number of hydrogen-bond acceptors (Lipinski definition) is 1. The van der Waals surface area contributed by atoms with E-state index in [0.717, 1.165) is 31.3 Å². The van der Waals surface area contributed by atoms with Crippen molar-refractivity contribution in [2.75, 3.05) is 18.4 Å². The van der Waals surface area contributed by atoms with Gasteiger partial charge in [0.2, 0.25) is 5.91 Å². The minimum Gasteiger partial charge on any atom is -0.342 e. The van der Waals surface area contributed by atoms with E-state index >= 15 is 0 Å². The van der Waals surface area contributed by atoms with Crippen LogP contribution in [0, 0.1) is 5.92 Å². The lowest BCUT2D eigenvalue weighted by atomic mass is 10.1. The van der Waals surface area contributed by atoms with E-state index in [-0.39, 0.29) is 0 Å². The van der Waals surface area contributed by atoms with Gasteiger partial charge in [0.25, 0.3) is 0 Å². The highest BCUT2D eigenvalue weighted by molar-refractivity contribution is 9.09. The molecular formula is C13H24BrNO. The minimum absolute atomic E-state index is 0.375. The second-order valence-corrected chi connectivity index (χ2v) is 5.46. The topological polar surface area (TPSA) is 20.3 Å². The van der Waals surface area contributed by atoms with Gasteiger partial charge in [0.05, 0.1) is 0 Å². The standard InChI is InChI=1S/C13H24BrNO/c1-2-3-4-5-6-7-13(16)15-9-8-12(10-14)11-15/h12H,2-11H2,1H3. The Labute approximate surface area is 108 Å². The number of rotatable bonds is 7. The zero-order valence-corrected chi connectivity index (χ0v) is 12.0. The van der Waals surface area contributed by atoms with E-state index in [1.165, 1.54) is 32.1 Å². The average Bonchev–Trinajstić information content (AvgIpc) is 2.77. The fourth-order valence-electron chi connectivity index (χ4n) is 2.22. The monoisotopic (exact) mass is 289 g/mol. The highest BCUT2D eigenvalue weighted by Crippen LogP contribution is 2.19. The van der Waals surface area contributed by atoms with Crippen molar-refractivity contribution in [2.45, 2.75) is 51.9 Å². The van der Waals surface area contributed by atoms with Crippen LogP contribution in [0.3, 0.4) is 0 Å². The SMILES string of the molecule is CCCCCCCC(=O)N1CCC(CBr)C1. The normalized spacial score (nSPS) is 20.4. The Morgan fingerprint density at radius 2 is 2.06 bits per heavy atom. The third-order valence-electron chi connectivity index (χ3n) is 3.35. The Kier molecular flexibility index (Phi) is 7.10. The molecule has 0 spiro atoms. The van der Waals surface area contributed by atoms with Gasteiger partial charge >= 0.3 is 0 Å². The van der Waals surface area contributed by atoms with Crippen molar-refractivity contribution in [2.24, 2.45) is 5.92 Å².